The fourth-order valence-electron chi connectivity index (χ4n) is 3.22. The maximum absolute atomic E-state index is 5.41. The van der Waals surface area contributed by atoms with Crippen molar-refractivity contribution in [1.82, 2.24) is 24.7 Å². The highest BCUT2D eigenvalue weighted by atomic mass is 16.5. The second-order valence-electron chi connectivity index (χ2n) is 7.10. The van der Waals surface area contributed by atoms with Crippen molar-refractivity contribution >= 4 is 11.5 Å². The lowest BCUT2D eigenvalue weighted by Gasteiger charge is -2.17. The van der Waals surface area contributed by atoms with Gasteiger partial charge in [-0.15, -0.1) is 0 Å². The fourth-order valence-corrected chi connectivity index (χ4v) is 3.22. The average molecular weight is 360 g/mol. The number of rotatable bonds is 5. The lowest BCUT2D eigenvalue weighted by molar-refractivity contribution is 0.422. The van der Waals surface area contributed by atoms with E-state index >= 15 is 0 Å². The number of fused-ring (bicyclic) bond motifs is 1. The van der Waals surface area contributed by atoms with E-state index in [1.807, 2.05) is 35.7 Å². The van der Waals surface area contributed by atoms with Crippen molar-refractivity contribution in [2.45, 2.75) is 38.6 Å². The molecule has 1 aliphatic carbocycles. The van der Waals surface area contributed by atoms with Crippen LogP contribution in [-0.4, -0.2) is 24.7 Å². The molecule has 1 atom stereocenters. The van der Waals surface area contributed by atoms with E-state index in [4.69, 9.17) is 4.52 Å². The van der Waals surface area contributed by atoms with Crippen molar-refractivity contribution in [1.29, 1.82) is 0 Å². The van der Waals surface area contributed by atoms with Crippen molar-refractivity contribution < 1.29 is 4.52 Å². The lowest BCUT2D eigenvalue weighted by Crippen LogP contribution is -2.11. The zero-order valence-electron chi connectivity index (χ0n) is 15.3. The summed E-state index contributed by atoms with van der Waals surface area (Å²) in [4.78, 5) is 8.99. The minimum absolute atomic E-state index is 0.109. The fraction of sp³-hybridized carbons (Fsp3) is 0.300. The van der Waals surface area contributed by atoms with Gasteiger partial charge in [0.15, 0.2) is 11.5 Å². The van der Waals surface area contributed by atoms with E-state index in [0.717, 1.165) is 34.1 Å². The van der Waals surface area contributed by atoms with Gasteiger partial charge >= 0.3 is 0 Å². The van der Waals surface area contributed by atoms with Crippen molar-refractivity contribution in [3.05, 3.63) is 59.7 Å². The van der Waals surface area contributed by atoms with Crippen LogP contribution in [0, 0.1) is 6.92 Å². The van der Waals surface area contributed by atoms with Crippen molar-refractivity contribution in [3.8, 4) is 11.5 Å². The number of benzene rings is 1. The Labute approximate surface area is 156 Å². The molecular weight excluding hydrogens is 340 g/mol. The molecule has 7 nitrogen and oxygen atoms in total. The molecule has 1 N–H and O–H groups in total. The molecule has 0 bridgehead atoms. The lowest BCUT2D eigenvalue weighted by atomic mass is 10.1. The third-order valence-electron chi connectivity index (χ3n) is 4.89. The summed E-state index contributed by atoms with van der Waals surface area (Å²) in [6, 6.07) is 12.2. The molecule has 0 radical (unpaired) electrons. The molecule has 1 fully saturated rings. The van der Waals surface area contributed by atoms with Gasteiger partial charge in [0.1, 0.15) is 5.82 Å². The normalized spacial score (nSPS) is 15.2. The minimum atomic E-state index is 0.109. The number of nitrogens with zero attached hydrogens (tertiary/aromatic N) is 5. The largest absolute Gasteiger partial charge is 0.363 e. The van der Waals surface area contributed by atoms with Gasteiger partial charge in [-0.2, -0.15) is 14.6 Å². The number of aromatic nitrogens is 5. The first kappa shape index (κ1) is 16.0. The smallest absolute Gasteiger partial charge is 0.257 e. The molecule has 5 rings (SSSR count). The quantitative estimate of drug-likeness (QED) is 0.576. The summed E-state index contributed by atoms with van der Waals surface area (Å²) < 4.78 is 7.22. The van der Waals surface area contributed by atoms with Crippen LogP contribution >= 0.6 is 0 Å². The highest BCUT2D eigenvalue weighted by Crippen LogP contribution is 2.38. The Hall–Kier alpha value is -3.22. The van der Waals surface area contributed by atoms with Crippen LogP contribution in [0.3, 0.4) is 0 Å². The van der Waals surface area contributed by atoms with Gasteiger partial charge < -0.3 is 9.84 Å². The molecular formula is C20H20N6O. The average Bonchev–Trinajstić information content (AvgIpc) is 3.21. The topological polar surface area (TPSA) is 81.1 Å². The SMILES string of the molecule is Cc1cc(N[C@@H](C)c2ccc(-c3nc(C4CC4)no3)cc2)n2nccc2n1. The molecule has 0 aliphatic heterocycles. The van der Waals surface area contributed by atoms with Gasteiger partial charge in [-0.1, -0.05) is 17.3 Å². The Kier molecular flexibility index (Phi) is 3.67. The van der Waals surface area contributed by atoms with Gasteiger partial charge in [-0.3, -0.25) is 0 Å². The van der Waals surface area contributed by atoms with E-state index in [-0.39, 0.29) is 6.04 Å². The van der Waals surface area contributed by atoms with Crippen LogP contribution in [0.5, 0.6) is 0 Å². The van der Waals surface area contributed by atoms with Gasteiger partial charge in [0.2, 0.25) is 0 Å². The molecule has 3 aromatic heterocycles. The zero-order chi connectivity index (χ0) is 18.4. The number of anilines is 1. The summed E-state index contributed by atoms with van der Waals surface area (Å²) >= 11 is 0. The second-order valence-corrected chi connectivity index (χ2v) is 7.10. The molecule has 1 aliphatic rings. The summed E-state index contributed by atoms with van der Waals surface area (Å²) in [5, 5.41) is 12.0. The molecule has 136 valence electrons. The van der Waals surface area contributed by atoms with Gasteiger partial charge in [0.25, 0.3) is 5.89 Å². The summed E-state index contributed by atoms with van der Waals surface area (Å²) in [6.45, 7) is 4.11. The highest BCUT2D eigenvalue weighted by Gasteiger charge is 2.29. The molecule has 1 aromatic carbocycles. The molecule has 3 heterocycles. The first-order valence-corrected chi connectivity index (χ1v) is 9.19. The van der Waals surface area contributed by atoms with Crippen molar-refractivity contribution in [2.75, 3.05) is 5.32 Å². The van der Waals surface area contributed by atoms with Crippen molar-refractivity contribution in [3.63, 3.8) is 0 Å². The number of hydrogen-bond acceptors (Lipinski definition) is 6. The molecule has 1 saturated carbocycles. The molecule has 4 aromatic rings. The van der Waals surface area contributed by atoms with Gasteiger partial charge in [-0.25, -0.2) is 4.98 Å². The van der Waals surface area contributed by atoms with Crippen LogP contribution in [0.25, 0.3) is 17.1 Å². The van der Waals surface area contributed by atoms with Gasteiger partial charge in [-0.05, 0) is 44.4 Å². The van der Waals surface area contributed by atoms with Gasteiger partial charge in [0.05, 0.1) is 6.20 Å². The Balaban J connectivity index is 1.36. The number of nitrogens with one attached hydrogen (secondary N) is 1. The summed E-state index contributed by atoms with van der Waals surface area (Å²) in [5.41, 5.74) is 3.90. The first-order valence-electron chi connectivity index (χ1n) is 9.19. The van der Waals surface area contributed by atoms with E-state index in [2.05, 4.69) is 44.6 Å². The predicted molar refractivity (Wildman–Crippen MR) is 101 cm³/mol. The van der Waals surface area contributed by atoms with Crippen LogP contribution in [0.1, 0.15) is 48.8 Å². The molecule has 0 unspecified atom stereocenters. The van der Waals surface area contributed by atoms with Crippen LogP contribution in [0.15, 0.2) is 47.1 Å². The van der Waals surface area contributed by atoms with E-state index in [9.17, 15) is 0 Å². The Bertz CT molecular complexity index is 1090. The third kappa shape index (κ3) is 3.05. The number of hydrogen-bond donors (Lipinski definition) is 1. The second kappa shape index (κ2) is 6.19. The maximum Gasteiger partial charge on any atom is 0.257 e. The standard InChI is InChI=1S/C20H20N6O/c1-12-11-18(26-17(22-12)9-10-21-26)23-13(2)14-3-7-16(8-4-14)20-24-19(25-27-20)15-5-6-15/h3-4,7-11,13,15,23H,5-6H2,1-2H3/t13-/m0/s1. The van der Waals surface area contributed by atoms with E-state index in [1.165, 1.54) is 12.8 Å². The Morgan fingerprint density at radius 3 is 2.74 bits per heavy atom. The van der Waals surface area contributed by atoms with Crippen LogP contribution in [0.2, 0.25) is 0 Å². The summed E-state index contributed by atoms with van der Waals surface area (Å²) in [6.07, 6.45) is 4.09. The summed E-state index contributed by atoms with van der Waals surface area (Å²) in [5.74, 6) is 2.84. The third-order valence-corrected chi connectivity index (χ3v) is 4.89. The number of aryl methyl sites for hydroxylation is 1. The Morgan fingerprint density at radius 2 is 1.96 bits per heavy atom. The minimum Gasteiger partial charge on any atom is -0.363 e. The monoisotopic (exact) mass is 360 g/mol. The highest BCUT2D eigenvalue weighted by molar-refractivity contribution is 5.55. The first-order chi connectivity index (χ1) is 13.2. The van der Waals surface area contributed by atoms with E-state index in [0.29, 0.717) is 11.8 Å². The van der Waals surface area contributed by atoms with Gasteiger partial charge in [0, 0.05) is 35.3 Å². The van der Waals surface area contributed by atoms with E-state index in [1.54, 1.807) is 6.20 Å². The molecule has 27 heavy (non-hydrogen) atoms. The summed E-state index contributed by atoms with van der Waals surface area (Å²) in [7, 11) is 0. The van der Waals surface area contributed by atoms with Crippen molar-refractivity contribution in [2.24, 2.45) is 0 Å². The van der Waals surface area contributed by atoms with Crippen LogP contribution in [-0.2, 0) is 0 Å². The van der Waals surface area contributed by atoms with Crippen LogP contribution < -0.4 is 5.32 Å². The molecule has 0 saturated heterocycles. The predicted octanol–water partition coefficient (Wildman–Crippen LogP) is 4.14. The Morgan fingerprint density at radius 1 is 1.15 bits per heavy atom. The molecule has 7 heteroatoms. The zero-order valence-corrected chi connectivity index (χ0v) is 15.3. The molecule has 0 spiro atoms. The molecule has 0 amide bonds. The van der Waals surface area contributed by atoms with Crippen LogP contribution in [0.4, 0.5) is 5.82 Å². The van der Waals surface area contributed by atoms with E-state index < -0.39 is 0 Å². The maximum atomic E-state index is 5.41.